The van der Waals surface area contributed by atoms with E-state index in [2.05, 4.69) is 10.1 Å². The molecule has 4 atom stereocenters. The van der Waals surface area contributed by atoms with Gasteiger partial charge in [-0.25, -0.2) is 24.0 Å². The van der Waals surface area contributed by atoms with Gasteiger partial charge in [0, 0.05) is 0 Å². The van der Waals surface area contributed by atoms with Crippen LogP contribution in [-0.2, 0) is 18.9 Å². The lowest BCUT2D eigenvalue weighted by Gasteiger charge is -2.24. The van der Waals surface area contributed by atoms with E-state index in [1.54, 1.807) is 91.0 Å². The van der Waals surface area contributed by atoms with E-state index in [-0.39, 0.29) is 6.61 Å². The molecule has 1 aromatic heterocycles. The minimum atomic E-state index is -1.13. The van der Waals surface area contributed by atoms with E-state index >= 15 is 0 Å². The molecule has 10 heteroatoms. The summed E-state index contributed by atoms with van der Waals surface area (Å²) in [4.78, 5) is 42.6. The van der Waals surface area contributed by atoms with E-state index in [1.165, 1.54) is 17.3 Å². The summed E-state index contributed by atoms with van der Waals surface area (Å²) in [6.07, 6.45) is -1.54. The third kappa shape index (κ3) is 5.60. The molecule has 0 amide bonds. The van der Waals surface area contributed by atoms with Gasteiger partial charge in [-0.15, -0.1) is 0 Å². The summed E-state index contributed by atoms with van der Waals surface area (Å²) in [6.45, 7) is -0.273. The SMILES string of the molecule is O=C(OC[C@H]1O[C@@H](n2cncn2)C(OC(=O)c2ccccc2)[C@H]1OC(=O)c1ccccc1)c1ccccc1. The first-order chi connectivity index (χ1) is 18.6. The molecule has 5 rings (SSSR count). The summed E-state index contributed by atoms with van der Waals surface area (Å²) in [6, 6.07) is 25.2. The second-order valence-electron chi connectivity index (χ2n) is 8.38. The van der Waals surface area contributed by atoms with Crippen molar-refractivity contribution in [1.82, 2.24) is 14.8 Å². The first-order valence-electron chi connectivity index (χ1n) is 11.8. The number of hydrogen-bond donors (Lipinski definition) is 0. The Bertz CT molecular complexity index is 1370. The van der Waals surface area contributed by atoms with Crippen molar-refractivity contribution in [3.63, 3.8) is 0 Å². The van der Waals surface area contributed by atoms with Gasteiger partial charge in [0.15, 0.2) is 18.4 Å². The minimum absolute atomic E-state index is 0.273. The fraction of sp³-hybridized carbons (Fsp3) is 0.179. The molecular weight excluding hydrogens is 490 g/mol. The molecule has 0 radical (unpaired) electrons. The molecule has 0 N–H and O–H groups in total. The number of aromatic nitrogens is 3. The number of carbonyl (C=O) groups excluding carboxylic acids is 3. The van der Waals surface area contributed by atoms with Crippen LogP contribution in [0.15, 0.2) is 104 Å². The van der Waals surface area contributed by atoms with Crippen LogP contribution in [0.4, 0.5) is 0 Å². The second kappa shape index (κ2) is 11.5. The maximum Gasteiger partial charge on any atom is 0.338 e. The number of ether oxygens (including phenoxy) is 4. The maximum atomic E-state index is 13.0. The molecule has 192 valence electrons. The smallest absolute Gasteiger partial charge is 0.338 e. The molecule has 1 aliphatic rings. The highest BCUT2D eigenvalue weighted by Crippen LogP contribution is 2.35. The Hall–Kier alpha value is -4.83. The van der Waals surface area contributed by atoms with E-state index in [4.69, 9.17) is 18.9 Å². The highest BCUT2D eigenvalue weighted by molar-refractivity contribution is 5.91. The monoisotopic (exact) mass is 513 g/mol. The van der Waals surface area contributed by atoms with E-state index in [0.717, 1.165) is 0 Å². The fourth-order valence-corrected chi connectivity index (χ4v) is 4.02. The molecule has 4 aromatic rings. The van der Waals surface area contributed by atoms with Gasteiger partial charge in [-0.05, 0) is 36.4 Å². The van der Waals surface area contributed by atoms with Gasteiger partial charge in [0.2, 0.25) is 0 Å². The van der Waals surface area contributed by atoms with Crippen LogP contribution in [0.1, 0.15) is 37.3 Å². The lowest BCUT2D eigenvalue weighted by atomic mass is 10.1. The second-order valence-corrected chi connectivity index (χ2v) is 8.38. The molecule has 2 heterocycles. The van der Waals surface area contributed by atoms with Crippen LogP contribution in [0.3, 0.4) is 0 Å². The molecule has 0 bridgehead atoms. The van der Waals surface area contributed by atoms with E-state index in [0.29, 0.717) is 16.7 Å². The molecule has 0 aliphatic carbocycles. The minimum Gasteiger partial charge on any atom is -0.459 e. The average Bonchev–Trinajstić information content (AvgIpc) is 3.62. The van der Waals surface area contributed by atoms with Crippen LogP contribution in [0.25, 0.3) is 0 Å². The average molecular weight is 514 g/mol. The summed E-state index contributed by atoms with van der Waals surface area (Å²) in [5.41, 5.74) is 0.949. The number of rotatable bonds is 8. The van der Waals surface area contributed by atoms with E-state index < -0.39 is 42.4 Å². The van der Waals surface area contributed by atoms with E-state index in [1.807, 2.05) is 0 Å². The quantitative estimate of drug-likeness (QED) is 0.258. The number of hydrogen-bond acceptors (Lipinski definition) is 9. The van der Waals surface area contributed by atoms with Gasteiger partial charge in [0.05, 0.1) is 16.7 Å². The summed E-state index contributed by atoms with van der Waals surface area (Å²) in [5.74, 6) is -1.88. The maximum absolute atomic E-state index is 13.0. The first kappa shape index (κ1) is 24.8. The van der Waals surface area contributed by atoms with Crippen molar-refractivity contribution in [3.05, 3.63) is 120 Å². The predicted octanol–water partition coefficient (Wildman–Crippen LogP) is 3.48. The summed E-state index contributed by atoms with van der Waals surface area (Å²) in [5, 5.41) is 4.12. The number of esters is 3. The fourth-order valence-electron chi connectivity index (χ4n) is 4.02. The van der Waals surface area contributed by atoms with Crippen molar-refractivity contribution in [2.75, 3.05) is 6.61 Å². The molecule has 1 aliphatic heterocycles. The molecule has 3 aromatic carbocycles. The number of carbonyl (C=O) groups is 3. The Kier molecular flexibility index (Phi) is 7.51. The third-order valence-corrected chi connectivity index (χ3v) is 5.88. The summed E-state index contributed by atoms with van der Waals surface area (Å²) in [7, 11) is 0. The number of nitrogens with zero attached hydrogens (tertiary/aromatic N) is 3. The Morgan fingerprint density at radius 1 is 0.711 bits per heavy atom. The van der Waals surface area contributed by atoms with Gasteiger partial charge in [-0.1, -0.05) is 54.6 Å². The van der Waals surface area contributed by atoms with Crippen molar-refractivity contribution in [2.24, 2.45) is 0 Å². The van der Waals surface area contributed by atoms with Crippen LogP contribution in [-0.4, -0.2) is 57.6 Å². The van der Waals surface area contributed by atoms with Crippen LogP contribution in [0, 0.1) is 0 Å². The Balaban J connectivity index is 1.43. The summed E-state index contributed by atoms with van der Waals surface area (Å²) >= 11 is 0. The molecule has 0 saturated carbocycles. The zero-order valence-electron chi connectivity index (χ0n) is 20.0. The molecule has 38 heavy (non-hydrogen) atoms. The van der Waals surface area contributed by atoms with Crippen LogP contribution >= 0.6 is 0 Å². The topological polar surface area (TPSA) is 119 Å². The Morgan fingerprint density at radius 2 is 1.21 bits per heavy atom. The van der Waals surface area contributed by atoms with Crippen LogP contribution in [0.2, 0.25) is 0 Å². The van der Waals surface area contributed by atoms with Crippen molar-refractivity contribution in [2.45, 2.75) is 24.5 Å². The normalized spacial score (nSPS) is 20.4. The summed E-state index contributed by atoms with van der Waals surface area (Å²) < 4.78 is 24.6. The predicted molar refractivity (Wildman–Crippen MR) is 132 cm³/mol. The third-order valence-electron chi connectivity index (χ3n) is 5.88. The van der Waals surface area contributed by atoms with Crippen LogP contribution < -0.4 is 0 Å². The Morgan fingerprint density at radius 3 is 1.71 bits per heavy atom. The standard InChI is InChI=1S/C28H23N3O7/c32-26(19-10-4-1-5-11-19)35-16-22-23(37-27(33)20-12-6-2-7-13-20)24(25(36-22)31-18-29-17-30-31)38-28(34)21-14-8-3-9-15-21/h1-15,17-18,22-25H,16H2/t22-,23+,24?,25-/m1/s1. The molecule has 1 unspecified atom stereocenters. The van der Waals surface area contributed by atoms with Gasteiger partial charge in [-0.3, -0.25) is 0 Å². The van der Waals surface area contributed by atoms with Crippen molar-refractivity contribution < 1.29 is 33.3 Å². The molecular formula is C28H23N3O7. The van der Waals surface area contributed by atoms with Gasteiger partial charge in [-0.2, -0.15) is 5.10 Å². The van der Waals surface area contributed by atoms with E-state index in [9.17, 15) is 14.4 Å². The lowest BCUT2D eigenvalue weighted by Crippen LogP contribution is -2.41. The number of benzene rings is 3. The van der Waals surface area contributed by atoms with Gasteiger partial charge in [0.1, 0.15) is 25.4 Å². The first-order valence-corrected chi connectivity index (χ1v) is 11.8. The highest BCUT2D eigenvalue weighted by atomic mass is 16.7. The molecule has 0 spiro atoms. The lowest BCUT2D eigenvalue weighted by molar-refractivity contribution is -0.0672. The van der Waals surface area contributed by atoms with Crippen molar-refractivity contribution in [1.29, 1.82) is 0 Å². The van der Waals surface area contributed by atoms with Gasteiger partial charge in [0.25, 0.3) is 0 Å². The van der Waals surface area contributed by atoms with Crippen LogP contribution in [0.5, 0.6) is 0 Å². The molecule has 1 fully saturated rings. The van der Waals surface area contributed by atoms with Gasteiger partial charge < -0.3 is 18.9 Å². The van der Waals surface area contributed by atoms with Crippen molar-refractivity contribution >= 4 is 17.9 Å². The van der Waals surface area contributed by atoms with Gasteiger partial charge >= 0.3 is 17.9 Å². The molecule has 10 nitrogen and oxygen atoms in total. The largest absolute Gasteiger partial charge is 0.459 e. The highest BCUT2D eigenvalue weighted by Gasteiger charge is 2.51. The molecule has 1 saturated heterocycles. The zero-order chi connectivity index (χ0) is 26.3. The van der Waals surface area contributed by atoms with Crippen molar-refractivity contribution in [3.8, 4) is 0 Å². The Labute approximate surface area is 217 Å². The zero-order valence-corrected chi connectivity index (χ0v) is 20.0.